The first-order chi connectivity index (χ1) is 18.2. The second-order valence-corrected chi connectivity index (χ2v) is 11.0. The number of unbranched alkanes of at least 4 members (excludes halogenated alkanes) is 1. The molecule has 0 radical (unpaired) electrons. The maximum Gasteiger partial charge on any atom is 0.294 e. The van der Waals surface area contributed by atoms with Gasteiger partial charge in [-0.1, -0.05) is 43.7 Å². The average Bonchev–Trinajstić information content (AvgIpc) is 3.34. The standard InChI is InChI=1S/C28H35ClFN5O3/c1-28(2,37)12-6-7-13-38-19-10-11-23(30)21(15-19)20-16-24(31-17-22(20)29)33-27(36)26-32-25(34-35-26)14-18-8-4-3-5-9-18/h10-11,15-18,37H,3-9,12-14H2,1-2H3,(H,31,33,36)(H,32,34,35). The van der Waals surface area contributed by atoms with Gasteiger partial charge < -0.3 is 20.1 Å². The van der Waals surface area contributed by atoms with Crippen molar-refractivity contribution in [3.05, 3.63) is 53.0 Å². The molecule has 0 bridgehead atoms. The minimum absolute atomic E-state index is 0.0975. The van der Waals surface area contributed by atoms with Gasteiger partial charge in [-0.15, -0.1) is 10.2 Å². The second-order valence-electron chi connectivity index (χ2n) is 10.6. The fourth-order valence-corrected chi connectivity index (χ4v) is 4.90. The van der Waals surface area contributed by atoms with E-state index in [1.54, 1.807) is 26.0 Å². The summed E-state index contributed by atoms with van der Waals surface area (Å²) in [7, 11) is 0. The van der Waals surface area contributed by atoms with Crippen LogP contribution in [-0.4, -0.2) is 43.4 Å². The van der Waals surface area contributed by atoms with Crippen LogP contribution in [-0.2, 0) is 6.42 Å². The molecule has 2 aromatic heterocycles. The molecule has 0 saturated heterocycles. The van der Waals surface area contributed by atoms with Crippen LogP contribution in [0, 0.1) is 11.7 Å². The molecule has 3 aromatic rings. The number of rotatable bonds is 11. The maximum absolute atomic E-state index is 14.8. The molecular weight excluding hydrogens is 509 g/mol. The molecule has 1 aliphatic carbocycles. The molecule has 0 aliphatic heterocycles. The lowest BCUT2D eigenvalue weighted by atomic mass is 9.87. The summed E-state index contributed by atoms with van der Waals surface area (Å²) >= 11 is 6.36. The number of pyridine rings is 1. The molecule has 1 aliphatic rings. The lowest BCUT2D eigenvalue weighted by Gasteiger charge is -2.19. The van der Waals surface area contributed by atoms with E-state index in [0.717, 1.165) is 19.3 Å². The van der Waals surface area contributed by atoms with E-state index in [0.29, 0.717) is 36.1 Å². The molecular formula is C28H35ClFN5O3. The van der Waals surface area contributed by atoms with E-state index in [2.05, 4.69) is 25.5 Å². The van der Waals surface area contributed by atoms with Crippen molar-refractivity contribution >= 4 is 23.3 Å². The molecule has 10 heteroatoms. The van der Waals surface area contributed by atoms with Gasteiger partial charge in [0.1, 0.15) is 23.2 Å². The topological polar surface area (TPSA) is 113 Å². The first-order valence-corrected chi connectivity index (χ1v) is 13.6. The molecule has 0 spiro atoms. The van der Waals surface area contributed by atoms with Crippen LogP contribution in [0.1, 0.15) is 81.7 Å². The highest BCUT2D eigenvalue weighted by molar-refractivity contribution is 6.33. The van der Waals surface area contributed by atoms with Crippen LogP contribution in [0.4, 0.5) is 10.2 Å². The second kappa shape index (κ2) is 12.7. The van der Waals surface area contributed by atoms with Crippen molar-refractivity contribution < 1.29 is 19.0 Å². The Labute approximate surface area is 227 Å². The molecule has 1 fully saturated rings. The predicted molar refractivity (Wildman–Crippen MR) is 145 cm³/mol. The molecule has 1 amide bonds. The summed E-state index contributed by atoms with van der Waals surface area (Å²) in [4.78, 5) is 20.0. The molecule has 3 N–H and O–H groups in total. The van der Waals surface area contributed by atoms with E-state index in [4.69, 9.17) is 16.3 Å². The Morgan fingerprint density at radius 1 is 1.18 bits per heavy atom. The number of anilines is 1. The SMILES string of the molecule is CC(C)(O)CCCCOc1ccc(F)c(-c2cc(NC(=O)c3nnc(CC4CCCCC4)[nH]3)ncc2Cl)c1. The summed E-state index contributed by atoms with van der Waals surface area (Å²) in [6.07, 6.45) is 10.5. The van der Waals surface area contributed by atoms with Crippen molar-refractivity contribution in [2.24, 2.45) is 5.92 Å². The number of H-pyrrole nitrogens is 1. The summed E-state index contributed by atoms with van der Waals surface area (Å²) in [5.41, 5.74) is -0.104. The summed E-state index contributed by atoms with van der Waals surface area (Å²) in [5.74, 6) is 1.10. The Bertz CT molecular complexity index is 1240. The number of aromatic amines is 1. The van der Waals surface area contributed by atoms with Gasteiger partial charge in [-0.3, -0.25) is 4.79 Å². The number of carbonyl (C=O) groups excluding carboxylic acids is 1. The molecule has 204 valence electrons. The van der Waals surface area contributed by atoms with E-state index < -0.39 is 17.3 Å². The number of halogens is 2. The van der Waals surface area contributed by atoms with Crippen molar-refractivity contribution in [3.63, 3.8) is 0 Å². The zero-order valence-corrected chi connectivity index (χ0v) is 22.7. The van der Waals surface area contributed by atoms with Crippen molar-refractivity contribution in [3.8, 4) is 16.9 Å². The van der Waals surface area contributed by atoms with Gasteiger partial charge in [0.25, 0.3) is 5.91 Å². The number of hydrogen-bond acceptors (Lipinski definition) is 6. The Morgan fingerprint density at radius 2 is 1.97 bits per heavy atom. The number of aliphatic hydroxyl groups is 1. The van der Waals surface area contributed by atoms with E-state index in [1.165, 1.54) is 50.4 Å². The Morgan fingerprint density at radius 3 is 2.74 bits per heavy atom. The zero-order chi connectivity index (χ0) is 27.1. The number of nitrogens with zero attached hydrogens (tertiary/aromatic N) is 3. The van der Waals surface area contributed by atoms with Crippen LogP contribution in [0.15, 0.2) is 30.5 Å². The number of ether oxygens (including phenoxy) is 1. The third-order valence-corrected chi connectivity index (χ3v) is 7.03. The molecule has 1 aromatic carbocycles. The Hall–Kier alpha value is -3.04. The molecule has 2 heterocycles. The highest BCUT2D eigenvalue weighted by Crippen LogP contribution is 2.34. The number of hydrogen-bond donors (Lipinski definition) is 3. The number of benzene rings is 1. The Kier molecular flexibility index (Phi) is 9.33. The average molecular weight is 544 g/mol. The van der Waals surface area contributed by atoms with Gasteiger partial charge in [0.15, 0.2) is 0 Å². The normalized spacial score (nSPS) is 14.4. The molecule has 0 atom stereocenters. The lowest BCUT2D eigenvalue weighted by Crippen LogP contribution is -2.18. The third-order valence-electron chi connectivity index (χ3n) is 6.73. The minimum Gasteiger partial charge on any atom is -0.494 e. The van der Waals surface area contributed by atoms with Gasteiger partial charge in [0.05, 0.1) is 17.2 Å². The maximum atomic E-state index is 14.8. The fraction of sp³-hybridized carbons (Fsp3) is 0.500. The number of amides is 1. The van der Waals surface area contributed by atoms with Crippen LogP contribution in [0.2, 0.25) is 5.02 Å². The van der Waals surface area contributed by atoms with Crippen LogP contribution in [0.25, 0.3) is 11.1 Å². The highest BCUT2D eigenvalue weighted by Gasteiger charge is 2.19. The molecule has 0 unspecified atom stereocenters. The summed E-state index contributed by atoms with van der Waals surface area (Å²) in [6.45, 7) is 3.98. The molecule has 1 saturated carbocycles. The first kappa shape index (κ1) is 28.0. The van der Waals surface area contributed by atoms with E-state index >= 15 is 0 Å². The van der Waals surface area contributed by atoms with Gasteiger partial charge in [-0.2, -0.15) is 0 Å². The van der Waals surface area contributed by atoms with Gasteiger partial charge in [-0.05, 0) is 63.3 Å². The smallest absolute Gasteiger partial charge is 0.294 e. The van der Waals surface area contributed by atoms with Crippen LogP contribution < -0.4 is 10.1 Å². The lowest BCUT2D eigenvalue weighted by molar-refractivity contribution is 0.0670. The van der Waals surface area contributed by atoms with Crippen molar-refractivity contribution in [2.75, 3.05) is 11.9 Å². The van der Waals surface area contributed by atoms with Gasteiger partial charge in [0.2, 0.25) is 5.82 Å². The summed E-state index contributed by atoms with van der Waals surface area (Å²) < 4.78 is 20.6. The molecule has 4 rings (SSSR count). The van der Waals surface area contributed by atoms with Gasteiger partial charge in [0, 0.05) is 23.7 Å². The first-order valence-electron chi connectivity index (χ1n) is 13.2. The van der Waals surface area contributed by atoms with Gasteiger partial charge in [-0.25, -0.2) is 9.37 Å². The van der Waals surface area contributed by atoms with Crippen LogP contribution in [0.5, 0.6) is 5.75 Å². The van der Waals surface area contributed by atoms with Crippen molar-refractivity contribution in [2.45, 2.75) is 77.2 Å². The molecule has 8 nitrogen and oxygen atoms in total. The predicted octanol–water partition coefficient (Wildman–Crippen LogP) is 6.35. The molecule has 38 heavy (non-hydrogen) atoms. The van der Waals surface area contributed by atoms with Crippen molar-refractivity contribution in [1.82, 2.24) is 20.2 Å². The highest BCUT2D eigenvalue weighted by atomic mass is 35.5. The van der Waals surface area contributed by atoms with Gasteiger partial charge >= 0.3 is 0 Å². The monoisotopic (exact) mass is 543 g/mol. The number of nitrogens with one attached hydrogen (secondary N) is 2. The number of aromatic nitrogens is 4. The minimum atomic E-state index is -0.709. The quantitative estimate of drug-likeness (QED) is 0.243. The van der Waals surface area contributed by atoms with Crippen LogP contribution >= 0.6 is 11.6 Å². The van der Waals surface area contributed by atoms with E-state index in [1.807, 2.05) is 0 Å². The number of carbonyl (C=O) groups is 1. The zero-order valence-electron chi connectivity index (χ0n) is 21.9. The summed E-state index contributed by atoms with van der Waals surface area (Å²) in [5, 5.41) is 20.9. The summed E-state index contributed by atoms with van der Waals surface area (Å²) in [6, 6.07) is 5.97. The van der Waals surface area contributed by atoms with E-state index in [9.17, 15) is 14.3 Å². The third kappa shape index (κ3) is 7.98. The van der Waals surface area contributed by atoms with E-state index in [-0.39, 0.29) is 22.2 Å². The Balaban J connectivity index is 1.40. The van der Waals surface area contributed by atoms with Crippen LogP contribution in [0.3, 0.4) is 0 Å². The largest absolute Gasteiger partial charge is 0.494 e. The van der Waals surface area contributed by atoms with Crippen molar-refractivity contribution in [1.29, 1.82) is 0 Å². The fourth-order valence-electron chi connectivity index (χ4n) is 4.69.